The van der Waals surface area contributed by atoms with E-state index in [4.69, 9.17) is 4.42 Å². The Hall–Kier alpha value is -2.29. The highest BCUT2D eigenvalue weighted by molar-refractivity contribution is 9.09. The van der Waals surface area contributed by atoms with E-state index in [9.17, 15) is 26.3 Å². The van der Waals surface area contributed by atoms with Gasteiger partial charge in [-0.15, -0.1) is 0 Å². The minimum Gasteiger partial charge on any atom is -0.436 e. The second-order valence-corrected chi connectivity index (χ2v) is 6.19. The molecule has 0 spiro atoms. The van der Waals surface area contributed by atoms with Crippen LogP contribution in [0.1, 0.15) is 22.6 Å². The van der Waals surface area contributed by atoms with Crippen LogP contribution in [0.5, 0.6) is 0 Å². The molecule has 0 atom stereocenters. The molecule has 142 valence electrons. The molecule has 0 N–H and O–H groups in total. The SMILES string of the molecule is FC(F)(F)c1cccc(C=C(CBr)c2nc3cc(C(F)(F)F)ccc3o2)c1. The molecule has 0 aliphatic rings. The molecule has 0 unspecified atom stereocenters. The van der Waals surface area contributed by atoms with Crippen LogP contribution in [0, 0.1) is 0 Å². The molecule has 0 saturated heterocycles. The Morgan fingerprint density at radius 2 is 1.63 bits per heavy atom. The van der Waals surface area contributed by atoms with Crippen molar-refractivity contribution in [3.63, 3.8) is 0 Å². The van der Waals surface area contributed by atoms with Gasteiger partial charge in [-0.05, 0) is 42.0 Å². The third-order valence-corrected chi connectivity index (χ3v) is 4.29. The van der Waals surface area contributed by atoms with Crippen molar-refractivity contribution in [2.45, 2.75) is 12.4 Å². The van der Waals surface area contributed by atoms with Crippen LogP contribution in [0.2, 0.25) is 0 Å². The number of nitrogens with zero attached hydrogens (tertiary/aromatic N) is 1. The molecule has 2 nitrogen and oxygen atoms in total. The molecule has 0 saturated carbocycles. The Kier molecular flexibility index (Phi) is 5.07. The van der Waals surface area contributed by atoms with Crippen LogP contribution in [0.4, 0.5) is 26.3 Å². The number of rotatable bonds is 3. The van der Waals surface area contributed by atoms with Gasteiger partial charge in [0.05, 0.1) is 11.1 Å². The van der Waals surface area contributed by atoms with E-state index >= 15 is 0 Å². The Balaban J connectivity index is 2.02. The molecule has 9 heteroatoms. The molecule has 2 aromatic carbocycles. The molecule has 0 fully saturated rings. The first-order valence-electron chi connectivity index (χ1n) is 7.50. The maximum atomic E-state index is 12.8. The molecular formula is C18H10BrF6NO. The third-order valence-electron chi connectivity index (χ3n) is 3.69. The van der Waals surface area contributed by atoms with Crippen molar-refractivity contribution in [3.05, 3.63) is 65.0 Å². The summed E-state index contributed by atoms with van der Waals surface area (Å²) in [5, 5.41) is 0.183. The van der Waals surface area contributed by atoms with Crippen molar-refractivity contribution in [1.29, 1.82) is 0 Å². The summed E-state index contributed by atoms with van der Waals surface area (Å²) in [5.41, 5.74) is -0.865. The first-order valence-corrected chi connectivity index (χ1v) is 8.62. The van der Waals surface area contributed by atoms with Gasteiger partial charge in [-0.1, -0.05) is 28.1 Å². The number of hydrogen-bond donors (Lipinski definition) is 0. The highest BCUT2D eigenvalue weighted by Gasteiger charge is 2.31. The van der Waals surface area contributed by atoms with Crippen LogP contribution in [0.3, 0.4) is 0 Å². The minimum absolute atomic E-state index is 0.00992. The number of alkyl halides is 7. The van der Waals surface area contributed by atoms with E-state index in [0.717, 1.165) is 30.3 Å². The molecule has 1 aromatic heterocycles. The van der Waals surface area contributed by atoms with Crippen molar-refractivity contribution in [3.8, 4) is 0 Å². The first-order chi connectivity index (χ1) is 12.6. The van der Waals surface area contributed by atoms with E-state index in [1.807, 2.05) is 0 Å². The van der Waals surface area contributed by atoms with Gasteiger partial charge in [-0.2, -0.15) is 26.3 Å². The fourth-order valence-corrected chi connectivity index (χ4v) is 2.81. The van der Waals surface area contributed by atoms with E-state index in [-0.39, 0.29) is 27.9 Å². The van der Waals surface area contributed by atoms with Crippen molar-refractivity contribution in [2.24, 2.45) is 0 Å². The summed E-state index contributed by atoms with van der Waals surface area (Å²) in [6, 6.07) is 7.55. The maximum Gasteiger partial charge on any atom is 0.416 e. The van der Waals surface area contributed by atoms with Crippen molar-refractivity contribution in [2.75, 3.05) is 5.33 Å². The summed E-state index contributed by atoms with van der Waals surface area (Å²) in [7, 11) is 0. The van der Waals surface area contributed by atoms with Crippen LogP contribution in [-0.4, -0.2) is 10.3 Å². The Labute approximate surface area is 157 Å². The number of benzene rings is 2. The molecule has 0 radical (unpaired) electrons. The zero-order valence-electron chi connectivity index (χ0n) is 13.3. The summed E-state index contributed by atoms with van der Waals surface area (Å²) < 4.78 is 82.4. The van der Waals surface area contributed by atoms with E-state index in [1.54, 1.807) is 0 Å². The summed E-state index contributed by atoms with van der Waals surface area (Å²) in [6.45, 7) is 0. The molecular weight excluding hydrogens is 440 g/mol. The van der Waals surface area contributed by atoms with Crippen LogP contribution >= 0.6 is 15.9 Å². The average molecular weight is 450 g/mol. The lowest BCUT2D eigenvalue weighted by atomic mass is 10.1. The van der Waals surface area contributed by atoms with Crippen molar-refractivity contribution >= 4 is 38.7 Å². The highest BCUT2D eigenvalue weighted by Crippen LogP contribution is 2.33. The first kappa shape index (κ1) is 19.5. The van der Waals surface area contributed by atoms with Gasteiger partial charge in [0, 0.05) is 10.9 Å². The van der Waals surface area contributed by atoms with Crippen molar-refractivity contribution in [1.82, 2.24) is 4.98 Å². The van der Waals surface area contributed by atoms with Gasteiger partial charge < -0.3 is 4.42 Å². The number of aromatic nitrogens is 1. The topological polar surface area (TPSA) is 26.0 Å². The Bertz CT molecular complexity index is 1000. The molecule has 0 aliphatic heterocycles. The van der Waals surface area contributed by atoms with Gasteiger partial charge in [-0.3, -0.25) is 0 Å². The number of oxazole rings is 1. The predicted molar refractivity (Wildman–Crippen MR) is 92.1 cm³/mol. The molecule has 1 heterocycles. The molecule has 0 aliphatic carbocycles. The minimum atomic E-state index is -4.51. The van der Waals surface area contributed by atoms with E-state index in [2.05, 4.69) is 20.9 Å². The van der Waals surface area contributed by atoms with E-state index in [0.29, 0.717) is 5.57 Å². The van der Waals surface area contributed by atoms with Crippen LogP contribution in [-0.2, 0) is 12.4 Å². The van der Waals surface area contributed by atoms with Gasteiger partial charge in [0.25, 0.3) is 0 Å². The lowest BCUT2D eigenvalue weighted by Gasteiger charge is -2.07. The molecule has 3 aromatic rings. The fraction of sp³-hybridized carbons (Fsp3) is 0.167. The summed E-state index contributed by atoms with van der Waals surface area (Å²) in [6.07, 6.45) is -7.57. The smallest absolute Gasteiger partial charge is 0.416 e. The quantitative estimate of drug-likeness (QED) is 0.324. The normalized spacial score (nSPS) is 13.4. The van der Waals surface area contributed by atoms with E-state index < -0.39 is 23.5 Å². The van der Waals surface area contributed by atoms with Crippen LogP contribution < -0.4 is 0 Å². The second kappa shape index (κ2) is 7.03. The maximum absolute atomic E-state index is 12.8. The molecule has 0 amide bonds. The number of allylic oxidation sites excluding steroid dienone is 1. The van der Waals surface area contributed by atoms with Crippen LogP contribution in [0.25, 0.3) is 22.7 Å². The van der Waals surface area contributed by atoms with Gasteiger partial charge in [0.15, 0.2) is 5.58 Å². The Morgan fingerprint density at radius 1 is 0.963 bits per heavy atom. The summed E-state index contributed by atoms with van der Waals surface area (Å²) >= 11 is 3.20. The average Bonchev–Trinajstić information content (AvgIpc) is 3.01. The highest BCUT2D eigenvalue weighted by atomic mass is 79.9. The van der Waals surface area contributed by atoms with Gasteiger partial charge >= 0.3 is 12.4 Å². The fourth-order valence-electron chi connectivity index (χ4n) is 2.40. The van der Waals surface area contributed by atoms with E-state index in [1.165, 1.54) is 18.2 Å². The molecule has 27 heavy (non-hydrogen) atoms. The summed E-state index contributed by atoms with van der Waals surface area (Å²) in [5.74, 6) is 0.0265. The molecule has 3 rings (SSSR count). The third kappa shape index (κ3) is 4.35. The molecule has 0 bridgehead atoms. The lowest BCUT2D eigenvalue weighted by Crippen LogP contribution is -2.04. The zero-order valence-corrected chi connectivity index (χ0v) is 14.9. The second-order valence-electron chi connectivity index (χ2n) is 5.63. The van der Waals surface area contributed by atoms with Crippen LogP contribution in [0.15, 0.2) is 46.9 Å². The standard InChI is InChI=1S/C18H10BrF6NO/c19-9-11(6-10-2-1-3-12(7-10)17(20,21)22)16-26-14-8-13(18(23,24)25)4-5-15(14)27-16/h1-8H,9H2. The zero-order chi connectivity index (χ0) is 19.8. The van der Waals surface area contributed by atoms with Crippen molar-refractivity contribution < 1.29 is 30.8 Å². The van der Waals surface area contributed by atoms with Gasteiger partial charge in [0.2, 0.25) is 5.89 Å². The van der Waals surface area contributed by atoms with Gasteiger partial charge in [-0.25, -0.2) is 4.98 Å². The van der Waals surface area contributed by atoms with Gasteiger partial charge in [0.1, 0.15) is 5.52 Å². The number of fused-ring (bicyclic) bond motifs is 1. The predicted octanol–water partition coefficient (Wildman–Crippen LogP) is 6.80. The lowest BCUT2D eigenvalue weighted by molar-refractivity contribution is -0.138. The largest absolute Gasteiger partial charge is 0.436 e. The monoisotopic (exact) mass is 449 g/mol. The Morgan fingerprint density at radius 3 is 2.26 bits per heavy atom. The summed E-state index contributed by atoms with van der Waals surface area (Å²) in [4.78, 5) is 4.04. The number of halogens is 7. The number of hydrogen-bond acceptors (Lipinski definition) is 2.